The Hall–Kier alpha value is -1.93. The molecule has 7 heteroatoms. The normalized spacial score (nSPS) is 13.1. The van der Waals surface area contributed by atoms with Crippen LogP contribution in [0.15, 0.2) is 41.3 Å². The Morgan fingerprint density at radius 1 is 0.829 bits per heavy atom. The van der Waals surface area contributed by atoms with Gasteiger partial charge in [-0.3, -0.25) is 4.18 Å². The predicted molar refractivity (Wildman–Crippen MR) is 140 cm³/mol. The third-order valence-electron chi connectivity index (χ3n) is 6.06. The van der Waals surface area contributed by atoms with E-state index >= 15 is 0 Å². The summed E-state index contributed by atoms with van der Waals surface area (Å²) in [5.74, 6) is 1.10. The summed E-state index contributed by atoms with van der Waals surface area (Å²) >= 11 is 0. The van der Waals surface area contributed by atoms with E-state index in [9.17, 15) is 8.42 Å². The van der Waals surface area contributed by atoms with E-state index in [0.717, 1.165) is 28.0 Å². The molecule has 35 heavy (non-hydrogen) atoms. The number of ether oxygens (including phenoxy) is 2. The Kier molecular flexibility index (Phi) is 11.2. The number of rotatable bonds is 14. The van der Waals surface area contributed by atoms with Gasteiger partial charge in [-0.15, -0.1) is 0 Å². The Labute approximate surface area is 211 Å². The topological polar surface area (TPSA) is 82.1 Å². The molecule has 0 saturated heterocycles. The fraction of sp³-hybridized carbons (Fsp3) is 0.571. The van der Waals surface area contributed by atoms with E-state index < -0.39 is 10.1 Å². The van der Waals surface area contributed by atoms with Gasteiger partial charge >= 0.3 is 0 Å². The molecular formula is C28H42O6S. The number of hydrogen-bond acceptors (Lipinski definition) is 6. The van der Waals surface area contributed by atoms with Gasteiger partial charge in [-0.05, 0) is 58.6 Å². The number of aliphatic hydroxyl groups excluding tert-OH is 1. The zero-order valence-electron chi connectivity index (χ0n) is 22.2. The van der Waals surface area contributed by atoms with Crippen molar-refractivity contribution in [2.24, 2.45) is 0 Å². The zero-order valence-corrected chi connectivity index (χ0v) is 23.0. The second-order valence-electron chi connectivity index (χ2n) is 9.77. The van der Waals surface area contributed by atoms with Crippen LogP contribution in [-0.4, -0.2) is 40.5 Å². The van der Waals surface area contributed by atoms with E-state index in [4.69, 9.17) is 18.8 Å². The summed E-state index contributed by atoms with van der Waals surface area (Å²) in [6.45, 7) is 12.7. The highest BCUT2D eigenvalue weighted by atomic mass is 32.2. The van der Waals surface area contributed by atoms with Crippen molar-refractivity contribution in [3.05, 3.63) is 58.7 Å². The first kappa shape index (κ1) is 29.3. The molecule has 0 aliphatic heterocycles. The van der Waals surface area contributed by atoms with E-state index in [2.05, 4.69) is 13.8 Å². The first-order valence-corrected chi connectivity index (χ1v) is 13.9. The monoisotopic (exact) mass is 506 g/mol. The SMILES string of the molecule is COc1ccc(C(CCOS(=O)(=O)c2c(C(C)C)cc(C(C)C)cc2C(C)C)OCCCO)cc1. The fourth-order valence-electron chi connectivity index (χ4n) is 3.96. The van der Waals surface area contributed by atoms with Crippen molar-refractivity contribution in [1.82, 2.24) is 0 Å². The second kappa shape index (κ2) is 13.4. The lowest BCUT2D eigenvalue weighted by molar-refractivity contribution is 0.0299. The molecule has 1 atom stereocenters. The molecule has 0 aromatic heterocycles. The smallest absolute Gasteiger partial charge is 0.297 e. The lowest BCUT2D eigenvalue weighted by atomic mass is 9.89. The zero-order chi connectivity index (χ0) is 26.2. The molecule has 196 valence electrons. The lowest BCUT2D eigenvalue weighted by Gasteiger charge is -2.23. The van der Waals surface area contributed by atoms with Gasteiger partial charge in [-0.2, -0.15) is 8.42 Å². The van der Waals surface area contributed by atoms with Crippen LogP contribution in [0.4, 0.5) is 0 Å². The average molecular weight is 507 g/mol. The Balaban J connectivity index is 2.30. The van der Waals surface area contributed by atoms with Crippen LogP contribution in [0, 0.1) is 0 Å². The molecule has 0 amide bonds. The van der Waals surface area contributed by atoms with Gasteiger partial charge < -0.3 is 14.6 Å². The van der Waals surface area contributed by atoms with Gasteiger partial charge in [0.15, 0.2) is 0 Å². The van der Waals surface area contributed by atoms with Crippen molar-refractivity contribution in [3.8, 4) is 5.75 Å². The summed E-state index contributed by atoms with van der Waals surface area (Å²) in [4.78, 5) is 0.300. The molecule has 2 aromatic rings. The third-order valence-corrected chi connectivity index (χ3v) is 7.51. The second-order valence-corrected chi connectivity index (χ2v) is 11.3. The van der Waals surface area contributed by atoms with Crippen LogP contribution >= 0.6 is 0 Å². The minimum atomic E-state index is -3.98. The van der Waals surface area contributed by atoms with E-state index in [1.54, 1.807) is 7.11 Å². The molecule has 0 aliphatic rings. The van der Waals surface area contributed by atoms with Gasteiger partial charge in [-0.25, -0.2) is 0 Å². The van der Waals surface area contributed by atoms with Crippen LogP contribution in [0.2, 0.25) is 0 Å². The van der Waals surface area contributed by atoms with Crippen molar-refractivity contribution in [2.45, 2.75) is 83.1 Å². The van der Waals surface area contributed by atoms with Crippen molar-refractivity contribution < 1.29 is 27.2 Å². The molecule has 2 rings (SSSR count). The molecule has 6 nitrogen and oxygen atoms in total. The fourth-order valence-corrected chi connectivity index (χ4v) is 5.56. The summed E-state index contributed by atoms with van der Waals surface area (Å²) in [5, 5.41) is 9.12. The predicted octanol–water partition coefficient (Wildman–Crippen LogP) is 6.30. The minimum Gasteiger partial charge on any atom is -0.497 e. The summed E-state index contributed by atoms with van der Waals surface area (Å²) in [5.41, 5.74) is 3.63. The number of aliphatic hydroxyl groups is 1. The maximum absolute atomic E-state index is 13.5. The molecule has 0 radical (unpaired) electrons. The Morgan fingerprint density at radius 2 is 1.40 bits per heavy atom. The average Bonchev–Trinajstić information content (AvgIpc) is 2.82. The molecule has 0 bridgehead atoms. The number of methoxy groups -OCH3 is 1. The van der Waals surface area contributed by atoms with Gasteiger partial charge in [0.2, 0.25) is 0 Å². The highest BCUT2D eigenvalue weighted by Crippen LogP contribution is 2.36. The van der Waals surface area contributed by atoms with Gasteiger partial charge in [0.1, 0.15) is 10.6 Å². The summed E-state index contributed by atoms with van der Waals surface area (Å²) in [6, 6.07) is 11.5. The van der Waals surface area contributed by atoms with E-state index in [1.165, 1.54) is 0 Å². The van der Waals surface area contributed by atoms with Crippen molar-refractivity contribution in [3.63, 3.8) is 0 Å². The molecule has 1 N–H and O–H groups in total. The summed E-state index contributed by atoms with van der Waals surface area (Å²) in [7, 11) is -2.38. The Morgan fingerprint density at radius 3 is 1.86 bits per heavy atom. The first-order valence-electron chi connectivity index (χ1n) is 12.4. The molecule has 2 aromatic carbocycles. The van der Waals surface area contributed by atoms with Crippen molar-refractivity contribution in [2.75, 3.05) is 26.9 Å². The minimum absolute atomic E-state index is 0.0147. The van der Waals surface area contributed by atoms with Crippen LogP contribution in [0.25, 0.3) is 0 Å². The van der Waals surface area contributed by atoms with E-state index in [1.807, 2.05) is 64.1 Å². The molecule has 1 unspecified atom stereocenters. The molecule has 0 fully saturated rings. The maximum atomic E-state index is 13.5. The van der Waals surface area contributed by atoms with Gasteiger partial charge in [-0.1, -0.05) is 65.8 Å². The lowest BCUT2D eigenvalue weighted by Crippen LogP contribution is -2.17. The van der Waals surface area contributed by atoms with Crippen LogP contribution < -0.4 is 4.74 Å². The molecule has 0 spiro atoms. The van der Waals surface area contributed by atoms with Gasteiger partial charge in [0, 0.05) is 19.6 Å². The van der Waals surface area contributed by atoms with Crippen molar-refractivity contribution >= 4 is 10.1 Å². The van der Waals surface area contributed by atoms with Crippen molar-refractivity contribution in [1.29, 1.82) is 0 Å². The number of hydrogen-bond donors (Lipinski definition) is 1. The van der Waals surface area contributed by atoms with Gasteiger partial charge in [0.25, 0.3) is 10.1 Å². The molecule has 0 saturated carbocycles. The largest absolute Gasteiger partial charge is 0.497 e. The van der Waals surface area contributed by atoms with Crippen LogP contribution in [0.3, 0.4) is 0 Å². The molecular weight excluding hydrogens is 464 g/mol. The summed E-state index contributed by atoms with van der Waals surface area (Å²) in [6.07, 6.45) is 0.499. The van der Waals surface area contributed by atoms with Crippen LogP contribution in [0.5, 0.6) is 5.75 Å². The maximum Gasteiger partial charge on any atom is 0.297 e. The first-order chi connectivity index (χ1) is 16.5. The Bertz CT molecular complexity index is 997. The molecule has 0 heterocycles. The van der Waals surface area contributed by atoms with E-state index in [-0.39, 0.29) is 31.2 Å². The van der Waals surface area contributed by atoms with Crippen LogP contribution in [-0.2, 0) is 19.0 Å². The highest BCUT2D eigenvalue weighted by Gasteiger charge is 2.28. The standard InChI is InChI=1S/C28H42O6S/c1-19(2)23-17-25(20(3)4)28(26(18-23)21(5)6)35(30,31)34-16-13-27(33-15-8-14-29)22-9-11-24(32-7)12-10-22/h9-12,17-21,27,29H,8,13-16H2,1-7H3. The van der Waals surface area contributed by atoms with E-state index in [0.29, 0.717) is 30.3 Å². The van der Waals surface area contributed by atoms with Crippen LogP contribution in [0.1, 0.15) is 100 Å². The highest BCUT2D eigenvalue weighted by molar-refractivity contribution is 7.86. The third kappa shape index (κ3) is 8.04. The molecule has 0 aliphatic carbocycles. The number of benzene rings is 2. The quantitative estimate of drug-likeness (QED) is 0.239. The van der Waals surface area contributed by atoms with Gasteiger partial charge in [0.05, 0.1) is 19.8 Å². The summed E-state index contributed by atoms with van der Waals surface area (Å²) < 4.78 is 43.8.